The SMILES string of the molecule is Cc1ccnc2nc(NC(=O)COc3ccc(Cl)cc3)nn12. The van der Waals surface area contributed by atoms with Gasteiger partial charge in [0.25, 0.3) is 17.6 Å². The average Bonchev–Trinajstić information content (AvgIpc) is 2.90. The number of carbonyl (C=O) groups is 1. The molecule has 2 heterocycles. The molecule has 1 amide bonds. The molecule has 1 N–H and O–H groups in total. The van der Waals surface area contributed by atoms with Gasteiger partial charge in [-0.05, 0) is 37.3 Å². The topological polar surface area (TPSA) is 81.4 Å². The highest BCUT2D eigenvalue weighted by Crippen LogP contribution is 2.15. The molecule has 7 nitrogen and oxygen atoms in total. The summed E-state index contributed by atoms with van der Waals surface area (Å²) < 4.78 is 6.90. The van der Waals surface area contributed by atoms with Crippen LogP contribution in [0.5, 0.6) is 5.75 Å². The second-order valence-corrected chi connectivity index (χ2v) is 4.96. The van der Waals surface area contributed by atoms with Gasteiger partial charge in [-0.2, -0.15) is 9.50 Å². The second kappa shape index (κ2) is 5.98. The highest BCUT2D eigenvalue weighted by Gasteiger charge is 2.10. The maximum atomic E-state index is 11.8. The number of rotatable bonds is 4. The van der Waals surface area contributed by atoms with Crippen molar-refractivity contribution in [3.8, 4) is 5.75 Å². The standard InChI is InChI=1S/C14H12ClN5O2/c1-9-6-7-16-14-18-13(19-20(9)14)17-12(21)8-22-11-4-2-10(15)3-5-11/h2-7H,8H2,1H3,(H,17,19,21). The molecular formula is C14H12ClN5O2. The lowest BCUT2D eigenvalue weighted by Crippen LogP contribution is -2.20. The van der Waals surface area contributed by atoms with Crippen molar-refractivity contribution in [3.63, 3.8) is 0 Å². The summed E-state index contributed by atoms with van der Waals surface area (Å²) in [6.45, 7) is 1.72. The van der Waals surface area contributed by atoms with Gasteiger partial charge in [0.15, 0.2) is 6.61 Å². The molecule has 0 aliphatic carbocycles. The van der Waals surface area contributed by atoms with E-state index in [0.717, 1.165) is 5.69 Å². The van der Waals surface area contributed by atoms with Crippen LogP contribution in [0.25, 0.3) is 5.78 Å². The third-order valence-electron chi connectivity index (χ3n) is 2.86. The van der Waals surface area contributed by atoms with E-state index in [0.29, 0.717) is 16.5 Å². The summed E-state index contributed by atoms with van der Waals surface area (Å²) in [5.41, 5.74) is 0.871. The van der Waals surface area contributed by atoms with Gasteiger partial charge in [0.1, 0.15) is 5.75 Å². The molecule has 0 fully saturated rings. The van der Waals surface area contributed by atoms with Gasteiger partial charge >= 0.3 is 0 Å². The van der Waals surface area contributed by atoms with Crippen LogP contribution in [0.4, 0.5) is 5.95 Å². The third kappa shape index (κ3) is 3.15. The molecule has 112 valence electrons. The molecule has 0 aliphatic heterocycles. The van der Waals surface area contributed by atoms with Gasteiger partial charge in [0, 0.05) is 16.9 Å². The smallest absolute Gasteiger partial charge is 0.264 e. The Labute approximate surface area is 130 Å². The summed E-state index contributed by atoms with van der Waals surface area (Å²) in [7, 11) is 0. The Hall–Kier alpha value is -2.67. The predicted molar refractivity (Wildman–Crippen MR) is 81.1 cm³/mol. The summed E-state index contributed by atoms with van der Waals surface area (Å²) in [6, 6.07) is 8.55. The Morgan fingerprint density at radius 3 is 2.82 bits per heavy atom. The molecule has 22 heavy (non-hydrogen) atoms. The normalized spacial score (nSPS) is 10.6. The van der Waals surface area contributed by atoms with E-state index < -0.39 is 0 Å². The number of hydrogen-bond donors (Lipinski definition) is 1. The average molecular weight is 318 g/mol. The van der Waals surface area contributed by atoms with Crippen LogP contribution < -0.4 is 10.1 Å². The molecule has 0 radical (unpaired) electrons. The number of aromatic nitrogens is 4. The van der Waals surface area contributed by atoms with Gasteiger partial charge in [-0.25, -0.2) is 4.98 Å². The first-order chi connectivity index (χ1) is 10.6. The molecule has 0 saturated heterocycles. The Balaban J connectivity index is 1.63. The van der Waals surface area contributed by atoms with E-state index in [4.69, 9.17) is 16.3 Å². The lowest BCUT2D eigenvalue weighted by atomic mass is 10.3. The number of fused-ring (bicyclic) bond motifs is 1. The molecule has 8 heteroatoms. The summed E-state index contributed by atoms with van der Waals surface area (Å²) in [5.74, 6) is 0.809. The van der Waals surface area contributed by atoms with Crippen molar-refractivity contribution < 1.29 is 9.53 Å². The van der Waals surface area contributed by atoms with E-state index in [1.165, 1.54) is 0 Å². The lowest BCUT2D eigenvalue weighted by Gasteiger charge is -2.05. The summed E-state index contributed by atoms with van der Waals surface area (Å²) in [4.78, 5) is 20.0. The van der Waals surface area contributed by atoms with Gasteiger partial charge in [0.2, 0.25) is 0 Å². The molecule has 0 aliphatic rings. The molecule has 2 aromatic heterocycles. The summed E-state index contributed by atoms with van der Waals surface area (Å²) >= 11 is 5.77. The van der Waals surface area contributed by atoms with Crippen molar-refractivity contribution in [2.45, 2.75) is 6.92 Å². The van der Waals surface area contributed by atoms with Gasteiger partial charge in [-0.3, -0.25) is 10.1 Å². The molecule has 0 bridgehead atoms. The molecule has 0 saturated carbocycles. The minimum absolute atomic E-state index is 0.149. The van der Waals surface area contributed by atoms with E-state index in [-0.39, 0.29) is 18.5 Å². The zero-order chi connectivity index (χ0) is 15.5. The number of anilines is 1. The van der Waals surface area contributed by atoms with E-state index in [9.17, 15) is 4.79 Å². The van der Waals surface area contributed by atoms with Crippen LogP contribution in [0.15, 0.2) is 36.5 Å². The van der Waals surface area contributed by atoms with Crippen LogP contribution in [-0.2, 0) is 4.79 Å². The van der Waals surface area contributed by atoms with Crippen LogP contribution in [0.2, 0.25) is 5.02 Å². The van der Waals surface area contributed by atoms with Crippen molar-refractivity contribution in [1.82, 2.24) is 19.6 Å². The van der Waals surface area contributed by atoms with Crippen LogP contribution in [0, 0.1) is 6.92 Å². The van der Waals surface area contributed by atoms with Crippen molar-refractivity contribution in [2.75, 3.05) is 11.9 Å². The number of hydrogen-bond acceptors (Lipinski definition) is 5. The number of aryl methyl sites for hydroxylation is 1. The first-order valence-electron chi connectivity index (χ1n) is 6.48. The fraction of sp³-hybridized carbons (Fsp3) is 0.143. The Bertz CT molecular complexity index is 816. The number of nitrogens with one attached hydrogen (secondary N) is 1. The number of carbonyl (C=O) groups excluding carboxylic acids is 1. The van der Waals surface area contributed by atoms with Crippen molar-refractivity contribution >= 4 is 29.2 Å². The van der Waals surface area contributed by atoms with Crippen LogP contribution in [0.1, 0.15) is 5.69 Å². The number of amides is 1. The van der Waals surface area contributed by atoms with Gasteiger partial charge in [0.05, 0.1) is 0 Å². The Morgan fingerprint density at radius 1 is 1.32 bits per heavy atom. The third-order valence-corrected chi connectivity index (χ3v) is 3.12. The zero-order valence-corrected chi connectivity index (χ0v) is 12.4. The number of ether oxygens (including phenoxy) is 1. The van der Waals surface area contributed by atoms with Crippen molar-refractivity contribution in [1.29, 1.82) is 0 Å². The minimum atomic E-state index is -0.358. The first kappa shape index (κ1) is 14.3. The number of halogens is 1. The fourth-order valence-corrected chi connectivity index (χ4v) is 1.93. The van der Waals surface area contributed by atoms with Gasteiger partial charge in [-0.1, -0.05) is 11.6 Å². The highest BCUT2D eigenvalue weighted by molar-refractivity contribution is 6.30. The summed E-state index contributed by atoms with van der Waals surface area (Å²) in [5, 5.41) is 7.33. The van der Waals surface area contributed by atoms with Crippen LogP contribution in [-0.4, -0.2) is 32.1 Å². The number of benzene rings is 1. The molecular weight excluding hydrogens is 306 g/mol. The molecule has 3 aromatic rings. The minimum Gasteiger partial charge on any atom is -0.484 e. The van der Waals surface area contributed by atoms with E-state index in [2.05, 4.69) is 20.4 Å². The van der Waals surface area contributed by atoms with Crippen molar-refractivity contribution in [3.05, 3.63) is 47.2 Å². The molecule has 0 unspecified atom stereocenters. The van der Waals surface area contributed by atoms with Crippen LogP contribution in [0.3, 0.4) is 0 Å². The maximum absolute atomic E-state index is 11.8. The Kier molecular flexibility index (Phi) is 3.88. The molecule has 0 spiro atoms. The summed E-state index contributed by atoms with van der Waals surface area (Å²) in [6.07, 6.45) is 1.63. The predicted octanol–water partition coefficient (Wildman–Crippen LogP) is 2.10. The highest BCUT2D eigenvalue weighted by atomic mass is 35.5. The van der Waals surface area contributed by atoms with Crippen LogP contribution >= 0.6 is 11.6 Å². The fourth-order valence-electron chi connectivity index (χ4n) is 1.80. The van der Waals surface area contributed by atoms with Gasteiger partial charge < -0.3 is 4.74 Å². The van der Waals surface area contributed by atoms with E-state index in [1.54, 1.807) is 41.0 Å². The largest absolute Gasteiger partial charge is 0.484 e. The second-order valence-electron chi connectivity index (χ2n) is 4.52. The molecule has 0 atom stereocenters. The molecule has 1 aromatic carbocycles. The zero-order valence-electron chi connectivity index (χ0n) is 11.7. The first-order valence-corrected chi connectivity index (χ1v) is 6.86. The molecule has 3 rings (SSSR count). The lowest BCUT2D eigenvalue weighted by molar-refractivity contribution is -0.118. The van der Waals surface area contributed by atoms with Crippen molar-refractivity contribution in [2.24, 2.45) is 0 Å². The van der Waals surface area contributed by atoms with Gasteiger partial charge in [-0.15, -0.1) is 5.10 Å². The van der Waals surface area contributed by atoms with E-state index >= 15 is 0 Å². The monoisotopic (exact) mass is 317 g/mol. The Morgan fingerprint density at radius 2 is 2.09 bits per heavy atom. The van der Waals surface area contributed by atoms with E-state index in [1.807, 2.05) is 6.92 Å². The number of nitrogens with zero attached hydrogens (tertiary/aromatic N) is 4. The quantitative estimate of drug-likeness (QED) is 0.797. The maximum Gasteiger partial charge on any atom is 0.264 e.